The molecule has 1 heterocycles. The van der Waals surface area contributed by atoms with Crippen molar-refractivity contribution in [1.29, 1.82) is 0 Å². The fraction of sp³-hybridized carbons (Fsp3) is 0.500. The largest absolute Gasteiger partial charge is 0.492 e. The van der Waals surface area contributed by atoms with Crippen molar-refractivity contribution in [2.45, 2.75) is 18.9 Å². The van der Waals surface area contributed by atoms with Gasteiger partial charge in [-0.15, -0.1) is 0 Å². The van der Waals surface area contributed by atoms with Crippen LogP contribution in [0.3, 0.4) is 0 Å². The number of hydrogen-bond acceptors (Lipinski definition) is 2. The quantitative estimate of drug-likeness (QED) is 0.837. The molecule has 0 spiro atoms. The van der Waals surface area contributed by atoms with Gasteiger partial charge in [-0.3, -0.25) is 0 Å². The highest BCUT2D eigenvalue weighted by Crippen LogP contribution is 2.19. The average molecular weight is 270 g/mol. The molecule has 1 aromatic rings. The predicted molar refractivity (Wildman–Crippen MR) is 65.3 cm³/mol. The predicted octanol–water partition coefficient (Wildman–Crippen LogP) is 2.92. The maximum Gasteiger partial charge on any atom is 0.119 e. The molecule has 2 rings (SSSR count). The average Bonchev–Trinajstić information content (AvgIpc) is 2.63. The Labute approximate surface area is 99.4 Å². The van der Waals surface area contributed by atoms with Crippen LogP contribution in [-0.2, 0) is 0 Å². The van der Waals surface area contributed by atoms with E-state index in [-0.39, 0.29) is 0 Å². The summed E-state index contributed by atoms with van der Waals surface area (Å²) in [6.07, 6.45) is 2.55. The number of benzene rings is 1. The summed E-state index contributed by atoms with van der Waals surface area (Å²) in [6.45, 7) is 2.01. The molecule has 0 bridgehead atoms. The third-order valence-electron chi connectivity index (χ3n) is 2.93. The molecule has 15 heavy (non-hydrogen) atoms. The third kappa shape index (κ3) is 2.95. The van der Waals surface area contributed by atoms with Crippen molar-refractivity contribution in [3.63, 3.8) is 0 Å². The summed E-state index contributed by atoms with van der Waals surface area (Å²) in [4.78, 5) is 2.37. The lowest BCUT2D eigenvalue weighted by Crippen LogP contribution is -2.30. The zero-order valence-corrected chi connectivity index (χ0v) is 10.5. The van der Waals surface area contributed by atoms with E-state index < -0.39 is 0 Å². The van der Waals surface area contributed by atoms with E-state index in [1.54, 1.807) is 0 Å². The first-order chi connectivity index (χ1) is 7.25. The molecule has 3 heteroatoms. The number of nitrogens with zero attached hydrogens (tertiary/aromatic N) is 1. The van der Waals surface area contributed by atoms with E-state index in [0.29, 0.717) is 6.04 Å². The van der Waals surface area contributed by atoms with Gasteiger partial charge in [0.25, 0.3) is 0 Å². The molecule has 1 aromatic carbocycles. The lowest BCUT2D eigenvalue weighted by molar-refractivity contribution is 0.198. The minimum absolute atomic E-state index is 0.591. The Kier molecular flexibility index (Phi) is 3.65. The Bertz CT molecular complexity index is 312. The van der Waals surface area contributed by atoms with E-state index in [0.717, 1.165) is 16.8 Å². The van der Waals surface area contributed by atoms with Crippen molar-refractivity contribution in [3.8, 4) is 5.75 Å². The van der Waals surface area contributed by atoms with Crippen molar-refractivity contribution in [3.05, 3.63) is 28.7 Å². The summed E-state index contributed by atoms with van der Waals surface area (Å²) in [6, 6.07) is 8.60. The molecule has 0 saturated carbocycles. The van der Waals surface area contributed by atoms with E-state index in [2.05, 4.69) is 27.9 Å². The molecule has 1 atom stereocenters. The lowest BCUT2D eigenvalue weighted by Gasteiger charge is -2.19. The van der Waals surface area contributed by atoms with Gasteiger partial charge in [-0.2, -0.15) is 0 Å². The number of likely N-dealkylation sites (N-methyl/N-ethyl adjacent to an activating group) is 1. The monoisotopic (exact) mass is 269 g/mol. The van der Waals surface area contributed by atoms with Gasteiger partial charge in [-0.05, 0) is 50.7 Å². The zero-order chi connectivity index (χ0) is 10.7. The molecule has 0 N–H and O–H groups in total. The molecule has 0 radical (unpaired) electrons. The van der Waals surface area contributed by atoms with E-state index in [9.17, 15) is 0 Å². The Morgan fingerprint density at radius 2 is 2.13 bits per heavy atom. The normalized spacial score (nSPS) is 21.9. The van der Waals surface area contributed by atoms with Crippen molar-refractivity contribution < 1.29 is 4.74 Å². The van der Waals surface area contributed by atoms with Crippen LogP contribution in [0.1, 0.15) is 12.8 Å². The molecule has 0 aliphatic carbocycles. The molecular formula is C12H16BrNO. The van der Waals surface area contributed by atoms with Crippen LogP contribution in [0.5, 0.6) is 5.75 Å². The van der Waals surface area contributed by atoms with Crippen LogP contribution in [0.25, 0.3) is 0 Å². The Balaban J connectivity index is 1.85. The maximum absolute atomic E-state index is 5.75. The lowest BCUT2D eigenvalue weighted by atomic mass is 10.2. The zero-order valence-electron chi connectivity index (χ0n) is 8.95. The SMILES string of the molecule is CN1CCC[C@H]1COc1ccc(Br)cc1. The van der Waals surface area contributed by atoms with Crippen molar-refractivity contribution in [2.75, 3.05) is 20.2 Å². The molecule has 1 fully saturated rings. The summed E-state index contributed by atoms with van der Waals surface area (Å²) in [5.41, 5.74) is 0. The molecule has 0 unspecified atom stereocenters. The molecule has 0 amide bonds. The highest BCUT2D eigenvalue weighted by atomic mass is 79.9. The summed E-state index contributed by atoms with van der Waals surface area (Å²) in [7, 11) is 2.17. The smallest absolute Gasteiger partial charge is 0.119 e. The van der Waals surface area contributed by atoms with Crippen LogP contribution in [0.15, 0.2) is 28.7 Å². The number of rotatable bonds is 3. The van der Waals surface area contributed by atoms with E-state index in [1.165, 1.54) is 19.4 Å². The second-order valence-electron chi connectivity index (χ2n) is 4.04. The van der Waals surface area contributed by atoms with Crippen LogP contribution in [0.4, 0.5) is 0 Å². The highest BCUT2D eigenvalue weighted by Gasteiger charge is 2.20. The minimum atomic E-state index is 0.591. The van der Waals surface area contributed by atoms with Crippen molar-refractivity contribution in [1.82, 2.24) is 4.90 Å². The Morgan fingerprint density at radius 1 is 1.40 bits per heavy atom. The first-order valence-corrected chi connectivity index (χ1v) is 6.13. The van der Waals surface area contributed by atoms with Crippen molar-refractivity contribution in [2.24, 2.45) is 0 Å². The van der Waals surface area contributed by atoms with Gasteiger partial charge in [0.15, 0.2) is 0 Å². The van der Waals surface area contributed by atoms with Gasteiger partial charge in [0.1, 0.15) is 12.4 Å². The Morgan fingerprint density at radius 3 is 2.73 bits per heavy atom. The Hall–Kier alpha value is -0.540. The second kappa shape index (κ2) is 4.99. The summed E-state index contributed by atoms with van der Waals surface area (Å²) in [5.74, 6) is 0.957. The topological polar surface area (TPSA) is 12.5 Å². The second-order valence-corrected chi connectivity index (χ2v) is 4.96. The van der Waals surface area contributed by atoms with Crippen LogP contribution in [0.2, 0.25) is 0 Å². The number of hydrogen-bond donors (Lipinski definition) is 0. The maximum atomic E-state index is 5.75. The van der Waals surface area contributed by atoms with Crippen molar-refractivity contribution >= 4 is 15.9 Å². The standard InChI is InChI=1S/C12H16BrNO/c1-14-8-2-3-11(14)9-15-12-6-4-10(13)5-7-12/h4-7,11H,2-3,8-9H2,1H3/t11-/m0/s1. The third-order valence-corrected chi connectivity index (χ3v) is 3.46. The highest BCUT2D eigenvalue weighted by molar-refractivity contribution is 9.10. The van der Waals surface area contributed by atoms with E-state index >= 15 is 0 Å². The van der Waals surface area contributed by atoms with Gasteiger partial charge in [-0.1, -0.05) is 15.9 Å². The van der Waals surface area contributed by atoms with Gasteiger partial charge < -0.3 is 9.64 Å². The van der Waals surface area contributed by atoms with Crippen LogP contribution < -0.4 is 4.74 Å². The summed E-state index contributed by atoms with van der Waals surface area (Å²) in [5, 5.41) is 0. The molecule has 0 aromatic heterocycles. The molecule has 1 saturated heterocycles. The molecule has 1 aliphatic rings. The van der Waals surface area contributed by atoms with E-state index in [1.807, 2.05) is 24.3 Å². The van der Waals surface area contributed by atoms with Gasteiger partial charge >= 0.3 is 0 Å². The molecule has 1 aliphatic heterocycles. The van der Waals surface area contributed by atoms with Gasteiger partial charge in [0.2, 0.25) is 0 Å². The number of ether oxygens (including phenoxy) is 1. The first-order valence-electron chi connectivity index (χ1n) is 5.34. The molecular weight excluding hydrogens is 254 g/mol. The summed E-state index contributed by atoms with van der Waals surface area (Å²) < 4.78 is 6.84. The van der Waals surface area contributed by atoms with Crippen LogP contribution >= 0.6 is 15.9 Å². The van der Waals surface area contributed by atoms with Crippen LogP contribution in [0, 0.1) is 0 Å². The summed E-state index contributed by atoms with van der Waals surface area (Å²) >= 11 is 3.41. The van der Waals surface area contributed by atoms with Gasteiger partial charge in [-0.25, -0.2) is 0 Å². The number of likely N-dealkylation sites (tertiary alicyclic amines) is 1. The fourth-order valence-corrected chi connectivity index (χ4v) is 2.18. The van der Waals surface area contributed by atoms with Gasteiger partial charge in [0, 0.05) is 10.5 Å². The molecule has 82 valence electrons. The van der Waals surface area contributed by atoms with Crippen LogP contribution in [-0.4, -0.2) is 31.1 Å². The molecule has 2 nitrogen and oxygen atoms in total. The first kappa shape index (κ1) is 11.0. The fourth-order valence-electron chi connectivity index (χ4n) is 1.91. The van der Waals surface area contributed by atoms with Gasteiger partial charge in [0.05, 0.1) is 0 Å². The minimum Gasteiger partial charge on any atom is -0.492 e. The number of halogens is 1. The van der Waals surface area contributed by atoms with E-state index in [4.69, 9.17) is 4.74 Å².